The molecule has 2 aromatic carbocycles. The molecule has 3 nitrogen and oxygen atoms in total. The maximum absolute atomic E-state index is 9.21. The lowest BCUT2D eigenvalue weighted by Gasteiger charge is -2.37. The van der Waals surface area contributed by atoms with E-state index in [-0.39, 0.29) is 6.61 Å². The predicted molar refractivity (Wildman–Crippen MR) is 86.8 cm³/mol. The van der Waals surface area contributed by atoms with Crippen molar-refractivity contribution in [3.63, 3.8) is 0 Å². The van der Waals surface area contributed by atoms with Gasteiger partial charge in [0.2, 0.25) is 0 Å². The number of benzene rings is 2. The average molecular weight is 333 g/mol. The first-order valence-electron chi connectivity index (χ1n) is 6.67. The second-order valence-corrected chi connectivity index (χ2v) is 5.86. The molecule has 3 rings (SSSR count). The van der Waals surface area contributed by atoms with Crippen molar-refractivity contribution in [3.8, 4) is 0 Å². The molecule has 0 saturated carbocycles. The van der Waals surface area contributed by atoms with E-state index in [1.165, 1.54) is 11.4 Å². The Balaban J connectivity index is 2.05. The fraction of sp³-hybridized carbons (Fsp3) is 0.250. The fourth-order valence-corrected chi connectivity index (χ4v) is 3.26. The van der Waals surface area contributed by atoms with Crippen LogP contribution in [0.5, 0.6) is 0 Å². The summed E-state index contributed by atoms with van der Waals surface area (Å²) in [5.74, 6) is 0. The molecule has 0 aliphatic carbocycles. The van der Waals surface area contributed by atoms with Crippen LogP contribution in [-0.2, 0) is 6.61 Å². The Morgan fingerprint density at radius 2 is 1.80 bits per heavy atom. The Morgan fingerprint density at radius 1 is 1.05 bits per heavy atom. The van der Waals surface area contributed by atoms with Crippen LogP contribution in [0.2, 0.25) is 0 Å². The van der Waals surface area contributed by atoms with Gasteiger partial charge in [0.05, 0.1) is 23.7 Å². The standard InChI is InChI=1S/C16H17BrN2O/c1-18-8-9-19(16-5-3-2-4-15(16)18)14-7-6-12(11-20)10-13(14)17/h2-7,10,20H,8-9,11H2,1H3. The van der Waals surface area contributed by atoms with Gasteiger partial charge >= 0.3 is 0 Å². The minimum atomic E-state index is 0.0677. The molecule has 0 radical (unpaired) electrons. The van der Waals surface area contributed by atoms with Crippen molar-refractivity contribution in [1.29, 1.82) is 0 Å². The molecule has 20 heavy (non-hydrogen) atoms. The van der Waals surface area contributed by atoms with E-state index in [9.17, 15) is 5.11 Å². The van der Waals surface area contributed by atoms with Gasteiger partial charge in [0.1, 0.15) is 0 Å². The number of nitrogens with zero attached hydrogens (tertiary/aromatic N) is 2. The van der Waals surface area contributed by atoms with Crippen LogP contribution in [0, 0.1) is 0 Å². The van der Waals surface area contributed by atoms with Gasteiger partial charge < -0.3 is 14.9 Å². The van der Waals surface area contributed by atoms with Gasteiger partial charge in [0.15, 0.2) is 0 Å². The highest BCUT2D eigenvalue weighted by atomic mass is 79.9. The van der Waals surface area contributed by atoms with Gasteiger partial charge in [-0.05, 0) is 45.8 Å². The summed E-state index contributed by atoms with van der Waals surface area (Å²) in [7, 11) is 2.13. The lowest BCUT2D eigenvalue weighted by molar-refractivity contribution is 0.282. The molecule has 1 heterocycles. The smallest absolute Gasteiger partial charge is 0.0682 e. The molecule has 0 unspecified atom stereocenters. The summed E-state index contributed by atoms with van der Waals surface area (Å²) in [5.41, 5.74) is 4.53. The van der Waals surface area contributed by atoms with Crippen LogP contribution >= 0.6 is 15.9 Å². The quantitative estimate of drug-likeness (QED) is 0.911. The van der Waals surface area contributed by atoms with E-state index in [4.69, 9.17) is 0 Å². The van der Waals surface area contributed by atoms with Crippen LogP contribution in [0.25, 0.3) is 0 Å². The first kappa shape index (κ1) is 13.5. The summed E-state index contributed by atoms with van der Waals surface area (Å²) in [6, 6.07) is 14.5. The first-order valence-corrected chi connectivity index (χ1v) is 7.47. The Labute approximate surface area is 127 Å². The molecule has 0 spiro atoms. The first-order chi connectivity index (χ1) is 9.70. The Morgan fingerprint density at radius 3 is 2.50 bits per heavy atom. The molecule has 2 aromatic rings. The van der Waals surface area contributed by atoms with Crippen molar-refractivity contribution in [1.82, 2.24) is 0 Å². The molecule has 104 valence electrons. The summed E-state index contributed by atoms with van der Waals surface area (Å²) in [6.07, 6.45) is 0. The summed E-state index contributed by atoms with van der Waals surface area (Å²) >= 11 is 3.62. The number of hydrogen-bond donors (Lipinski definition) is 1. The molecule has 0 aromatic heterocycles. The van der Waals surface area contributed by atoms with Crippen LogP contribution < -0.4 is 9.80 Å². The third-order valence-corrected chi connectivity index (χ3v) is 4.36. The lowest BCUT2D eigenvalue weighted by Crippen LogP contribution is -2.36. The summed E-state index contributed by atoms with van der Waals surface area (Å²) < 4.78 is 1.02. The van der Waals surface area contributed by atoms with E-state index in [2.05, 4.69) is 63.1 Å². The van der Waals surface area contributed by atoms with Crippen molar-refractivity contribution < 1.29 is 5.11 Å². The minimum absolute atomic E-state index is 0.0677. The van der Waals surface area contributed by atoms with Crippen LogP contribution in [0.4, 0.5) is 17.1 Å². The third kappa shape index (κ3) is 2.30. The molecule has 1 aliphatic heterocycles. The predicted octanol–water partition coefficient (Wildman–Crippen LogP) is 3.53. The molecule has 4 heteroatoms. The van der Waals surface area contributed by atoms with E-state index in [0.717, 1.165) is 28.8 Å². The van der Waals surface area contributed by atoms with Crippen molar-refractivity contribution in [3.05, 3.63) is 52.5 Å². The molecule has 0 amide bonds. The highest BCUT2D eigenvalue weighted by Gasteiger charge is 2.22. The molecule has 0 fully saturated rings. The van der Waals surface area contributed by atoms with E-state index in [0.29, 0.717) is 0 Å². The number of anilines is 3. The number of halogens is 1. The molecular weight excluding hydrogens is 316 g/mol. The lowest BCUT2D eigenvalue weighted by atomic mass is 10.1. The second-order valence-electron chi connectivity index (χ2n) is 5.01. The zero-order valence-corrected chi connectivity index (χ0v) is 13.0. The number of aliphatic hydroxyl groups is 1. The average Bonchev–Trinajstić information content (AvgIpc) is 2.48. The zero-order valence-electron chi connectivity index (χ0n) is 11.4. The highest BCUT2D eigenvalue weighted by Crippen LogP contribution is 2.39. The maximum Gasteiger partial charge on any atom is 0.0682 e. The van der Waals surface area contributed by atoms with Crippen LogP contribution in [-0.4, -0.2) is 25.2 Å². The Bertz CT molecular complexity index is 630. The normalized spacial score (nSPS) is 14.3. The third-order valence-electron chi connectivity index (χ3n) is 3.73. The zero-order chi connectivity index (χ0) is 14.1. The monoisotopic (exact) mass is 332 g/mol. The Hall–Kier alpha value is -1.52. The summed E-state index contributed by atoms with van der Waals surface area (Å²) in [5, 5.41) is 9.21. The van der Waals surface area contributed by atoms with Gasteiger partial charge in [-0.1, -0.05) is 18.2 Å². The van der Waals surface area contributed by atoms with Crippen molar-refractivity contribution in [2.45, 2.75) is 6.61 Å². The topological polar surface area (TPSA) is 26.7 Å². The molecule has 1 N–H and O–H groups in total. The summed E-state index contributed by atoms with van der Waals surface area (Å²) in [6.45, 7) is 2.01. The van der Waals surface area contributed by atoms with Crippen LogP contribution in [0.15, 0.2) is 46.9 Å². The number of aliphatic hydroxyl groups excluding tert-OH is 1. The van der Waals surface area contributed by atoms with Crippen molar-refractivity contribution in [2.24, 2.45) is 0 Å². The van der Waals surface area contributed by atoms with Gasteiger partial charge in [-0.3, -0.25) is 0 Å². The molecule has 1 aliphatic rings. The van der Waals surface area contributed by atoms with E-state index in [1.807, 2.05) is 12.1 Å². The fourth-order valence-electron chi connectivity index (χ4n) is 2.62. The number of hydrogen-bond acceptors (Lipinski definition) is 3. The van der Waals surface area contributed by atoms with Gasteiger partial charge in [0.25, 0.3) is 0 Å². The van der Waals surface area contributed by atoms with Gasteiger partial charge in [-0.15, -0.1) is 0 Å². The maximum atomic E-state index is 9.21. The van der Waals surface area contributed by atoms with Crippen molar-refractivity contribution in [2.75, 3.05) is 29.9 Å². The highest BCUT2D eigenvalue weighted by molar-refractivity contribution is 9.10. The number of para-hydroxylation sites is 2. The number of fused-ring (bicyclic) bond motifs is 1. The Kier molecular flexibility index (Phi) is 3.68. The van der Waals surface area contributed by atoms with Crippen molar-refractivity contribution >= 4 is 33.0 Å². The van der Waals surface area contributed by atoms with Crippen LogP contribution in [0.3, 0.4) is 0 Å². The number of likely N-dealkylation sites (N-methyl/N-ethyl adjacent to an activating group) is 1. The minimum Gasteiger partial charge on any atom is -0.392 e. The molecule has 0 atom stereocenters. The van der Waals surface area contributed by atoms with Gasteiger partial charge in [-0.2, -0.15) is 0 Å². The molecule has 0 saturated heterocycles. The second kappa shape index (κ2) is 5.46. The van der Waals surface area contributed by atoms with Gasteiger partial charge in [0, 0.05) is 24.6 Å². The molecular formula is C16H17BrN2O. The van der Waals surface area contributed by atoms with E-state index < -0.39 is 0 Å². The largest absolute Gasteiger partial charge is 0.392 e. The van der Waals surface area contributed by atoms with Gasteiger partial charge in [-0.25, -0.2) is 0 Å². The SMILES string of the molecule is CN1CCN(c2ccc(CO)cc2Br)c2ccccc21. The van der Waals surface area contributed by atoms with E-state index >= 15 is 0 Å². The number of rotatable bonds is 2. The molecule has 0 bridgehead atoms. The summed E-state index contributed by atoms with van der Waals surface area (Å²) in [4.78, 5) is 4.60. The van der Waals surface area contributed by atoms with E-state index in [1.54, 1.807) is 0 Å². The van der Waals surface area contributed by atoms with Crippen LogP contribution in [0.1, 0.15) is 5.56 Å².